The van der Waals surface area contributed by atoms with Gasteiger partial charge in [0.2, 0.25) is 5.78 Å². The zero-order valence-electron chi connectivity index (χ0n) is 36.4. The quantitative estimate of drug-likeness (QED) is 0.116. The van der Waals surface area contributed by atoms with Crippen LogP contribution in [0.15, 0.2) is 249 Å². The van der Waals surface area contributed by atoms with Crippen LogP contribution >= 0.6 is 0 Å². The third kappa shape index (κ3) is 5.39. The first kappa shape index (κ1) is 37.6. The standard InChI is InChI=1S/C61H41N5Si/c1-4-22-45(23-5-1)67(46-24-6-2-7-25-46,47-26-8-3-9-27-47)59-37-19-36-58-60(59)62-61-65(56-34-16-17-35-57(56)66(58)61)44-38-39-55-51(41-44)50-30-12-15-33-54(50)64(55)43-21-18-20-42(40-43)63-52-31-13-10-28-48(52)49-29-11-14-32-53(49)63/h1-41H. The van der Waals surface area contributed by atoms with Crippen molar-refractivity contribution in [3.05, 3.63) is 249 Å². The summed E-state index contributed by atoms with van der Waals surface area (Å²) in [5.41, 5.74) is 12.4. The minimum absolute atomic E-state index is 0.891. The van der Waals surface area contributed by atoms with Gasteiger partial charge in [0, 0.05) is 38.6 Å². The third-order valence-electron chi connectivity index (χ3n) is 14.1. The van der Waals surface area contributed by atoms with E-state index in [9.17, 15) is 0 Å². The van der Waals surface area contributed by atoms with E-state index in [0.29, 0.717) is 0 Å². The van der Waals surface area contributed by atoms with E-state index in [0.717, 1.165) is 55.9 Å². The summed E-state index contributed by atoms with van der Waals surface area (Å²) in [5, 5.41) is 10.2. The highest BCUT2D eigenvalue weighted by molar-refractivity contribution is 7.20. The van der Waals surface area contributed by atoms with E-state index in [-0.39, 0.29) is 0 Å². The van der Waals surface area contributed by atoms with Gasteiger partial charge in [0.15, 0.2) is 8.07 Å². The fourth-order valence-electron chi connectivity index (χ4n) is 11.4. The van der Waals surface area contributed by atoms with Gasteiger partial charge in [-0.25, -0.2) is 4.98 Å². The first-order valence-electron chi connectivity index (χ1n) is 23.0. The molecule has 314 valence electrons. The van der Waals surface area contributed by atoms with Crippen LogP contribution in [0.4, 0.5) is 0 Å². The Labute approximate surface area is 387 Å². The molecule has 5 nitrogen and oxygen atoms in total. The zero-order valence-corrected chi connectivity index (χ0v) is 37.4. The molecule has 6 heteroatoms. The van der Waals surface area contributed by atoms with Crippen LogP contribution < -0.4 is 20.7 Å². The van der Waals surface area contributed by atoms with Gasteiger partial charge >= 0.3 is 0 Å². The van der Waals surface area contributed by atoms with Crippen LogP contribution in [-0.2, 0) is 0 Å². The fraction of sp³-hybridized carbons (Fsp3) is 0. The van der Waals surface area contributed by atoms with Gasteiger partial charge in [-0.15, -0.1) is 0 Å². The molecule has 14 aromatic rings. The number of benzene rings is 10. The second-order valence-corrected chi connectivity index (χ2v) is 21.3. The molecule has 0 fully saturated rings. The predicted molar refractivity (Wildman–Crippen MR) is 282 cm³/mol. The molecular formula is C61H41N5Si. The Morgan fingerprint density at radius 3 is 1.25 bits per heavy atom. The molecule has 0 spiro atoms. The van der Waals surface area contributed by atoms with E-state index in [1.807, 2.05) is 0 Å². The molecule has 0 saturated carbocycles. The summed E-state index contributed by atoms with van der Waals surface area (Å²) in [6, 6.07) is 91.1. The number of nitrogens with zero attached hydrogens (tertiary/aromatic N) is 5. The van der Waals surface area contributed by atoms with Crippen molar-refractivity contribution in [2.24, 2.45) is 0 Å². The van der Waals surface area contributed by atoms with E-state index in [1.165, 1.54) is 53.3 Å². The highest BCUT2D eigenvalue weighted by Gasteiger charge is 2.43. The van der Waals surface area contributed by atoms with E-state index in [2.05, 4.69) is 267 Å². The van der Waals surface area contributed by atoms with E-state index in [4.69, 9.17) is 4.98 Å². The first-order chi connectivity index (χ1) is 33.3. The van der Waals surface area contributed by atoms with Crippen molar-refractivity contribution in [1.29, 1.82) is 0 Å². The minimum atomic E-state index is -2.90. The first-order valence-corrected chi connectivity index (χ1v) is 25.0. The van der Waals surface area contributed by atoms with Gasteiger partial charge in [-0.05, 0) is 93.5 Å². The van der Waals surface area contributed by atoms with Gasteiger partial charge in [-0.2, -0.15) is 0 Å². The highest BCUT2D eigenvalue weighted by atomic mass is 28.3. The summed E-state index contributed by atoms with van der Waals surface area (Å²) in [6.45, 7) is 0. The van der Waals surface area contributed by atoms with Crippen LogP contribution in [0, 0.1) is 0 Å². The normalized spacial score (nSPS) is 12.2. The lowest BCUT2D eigenvalue weighted by Gasteiger charge is -2.34. The van der Waals surface area contributed by atoms with Gasteiger partial charge < -0.3 is 9.13 Å². The molecule has 4 aromatic heterocycles. The number of para-hydroxylation sites is 6. The van der Waals surface area contributed by atoms with Crippen molar-refractivity contribution in [2.45, 2.75) is 0 Å². The van der Waals surface area contributed by atoms with E-state index in [1.54, 1.807) is 0 Å². The Balaban J connectivity index is 1.00. The monoisotopic (exact) mass is 871 g/mol. The fourth-order valence-corrected chi connectivity index (χ4v) is 16.3. The Morgan fingerprint density at radius 2 is 0.701 bits per heavy atom. The van der Waals surface area contributed by atoms with Gasteiger partial charge in [0.05, 0.1) is 44.1 Å². The smallest absolute Gasteiger partial charge is 0.220 e. The van der Waals surface area contributed by atoms with Gasteiger partial charge in [-0.1, -0.05) is 176 Å². The maximum atomic E-state index is 5.80. The summed E-state index contributed by atoms with van der Waals surface area (Å²) in [5.74, 6) is 0.891. The molecule has 0 aliphatic carbocycles. The van der Waals surface area contributed by atoms with Crippen molar-refractivity contribution in [3.63, 3.8) is 0 Å². The average molecular weight is 872 g/mol. The predicted octanol–water partition coefficient (Wildman–Crippen LogP) is 12.0. The Kier molecular flexibility index (Phi) is 8.23. The van der Waals surface area contributed by atoms with Gasteiger partial charge in [-0.3, -0.25) is 8.97 Å². The molecule has 0 aliphatic rings. The number of hydrogen-bond acceptors (Lipinski definition) is 1. The van der Waals surface area contributed by atoms with Crippen LogP contribution in [0.2, 0.25) is 0 Å². The molecule has 67 heavy (non-hydrogen) atoms. The lowest BCUT2D eigenvalue weighted by atomic mass is 10.1. The second kappa shape index (κ2) is 14.7. The van der Waals surface area contributed by atoms with Crippen LogP contribution in [0.3, 0.4) is 0 Å². The van der Waals surface area contributed by atoms with Crippen molar-refractivity contribution in [2.75, 3.05) is 0 Å². The molecular weight excluding hydrogens is 831 g/mol. The van der Waals surface area contributed by atoms with Crippen LogP contribution in [-0.4, -0.2) is 31.2 Å². The van der Waals surface area contributed by atoms with Crippen LogP contribution in [0.5, 0.6) is 0 Å². The lowest BCUT2D eigenvalue weighted by molar-refractivity contribution is 1.11. The Hall–Kier alpha value is -8.71. The molecule has 0 unspecified atom stereocenters. The Morgan fingerprint density at radius 1 is 0.284 bits per heavy atom. The topological polar surface area (TPSA) is 32.1 Å². The molecule has 0 radical (unpaired) electrons. The van der Waals surface area contributed by atoms with Gasteiger partial charge in [0.1, 0.15) is 0 Å². The molecule has 10 aromatic carbocycles. The number of fused-ring (bicyclic) bond motifs is 11. The van der Waals surface area contributed by atoms with Crippen LogP contribution in [0.1, 0.15) is 0 Å². The van der Waals surface area contributed by atoms with E-state index >= 15 is 0 Å². The van der Waals surface area contributed by atoms with Crippen molar-refractivity contribution in [1.82, 2.24) is 23.1 Å². The molecule has 0 N–H and O–H groups in total. The van der Waals surface area contributed by atoms with Crippen molar-refractivity contribution < 1.29 is 0 Å². The number of hydrogen-bond donors (Lipinski definition) is 0. The number of rotatable bonds is 7. The molecule has 0 bridgehead atoms. The highest BCUT2D eigenvalue weighted by Crippen LogP contribution is 2.38. The van der Waals surface area contributed by atoms with Crippen molar-refractivity contribution in [3.8, 4) is 17.1 Å². The molecule has 4 heterocycles. The third-order valence-corrected chi connectivity index (χ3v) is 18.9. The summed E-state index contributed by atoms with van der Waals surface area (Å²) >= 11 is 0. The number of aromatic nitrogens is 5. The second-order valence-electron chi connectivity index (χ2n) is 17.5. The van der Waals surface area contributed by atoms with E-state index < -0.39 is 8.07 Å². The maximum absolute atomic E-state index is 5.80. The molecule has 0 atom stereocenters. The van der Waals surface area contributed by atoms with Crippen molar-refractivity contribution >= 4 is 100 Å². The zero-order chi connectivity index (χ0) is 44.1. The average Bonchev–Trinajstić information content (AvgIpc) is 4.14. The largest absolute Gasteiger partial charge is 0.309 e. The summed E-state index contributed by atoms with van der Waals surface area (Å²) in [4.78, 5) is 5.80. The summed E-state index contributed by atoms with van der Waals surface area (Å²) in [6.07, 6.45) is 0. The molecule has 14 rings (SSSR count). The Bertz CT molecular complexity index is 4070. The SMILES string of the molecule is c1ccc([Si](c2ccccc2)(c2ccccc2)c2cccc3c2nc2n(-c4ccc5c(c4)c4ccccc4n5-c4cccc(-n5c6ccccc6c6ccccc65)c4)c4ccccc4n32)cc1. The van der Waals surface area contributed by atoms with Gasteiger partial charge in [0.25, 0.3) is 0 Å². The summed E-state index contributed by atoms with van der Waals surface area (Å²) in [7, 11) is -2.90. The van der Waals surface area contributed by atoms with Crippen LogP contribution in [0.25, 0.3) is 88.5 Å². The maximum Gasteiger partial charge on any atom is 0.220 e. The lowest BCUT2D eigenvalue weighted by Crippen LogP contribution is -2.74. The summed E-state index contributed by atoms with van der Waals surface area (Å²) < 4.78 is 9.56. The number of imidazole rings is 2. The molecule has 0 aliphatic heterocycles. The minimum Gasteiger partial charge on any atom is -0.309 e. The molecule has 0 amide bonds. The molecule has 0 saturated heterocycles.